The van der Waals surface area contributed by atoms with Crippen molar-refractivity contribution in [2.24, 2.45) is 0 Å². The van der Waals surface area contributed by atoms with Crippen molar-refractivity contribution in [1.29, 1.82) is 0 Å². The van der Waals surface area contributed by atoms with Gasteiger partial charge in [0.15, 0.2) is 11.5 Å². The molecule has 30 heavy (non-hydrogen) atoms. The highest BCUT2D eigenvalue weighted by molar-refractivity contribution is 7.09. The van der Waals surface area contributed by atoms with Crippen LogP contribution in [0, 0.1) is 13.8 Å². The van der Waals surface area contributed by atoms with Gasteiger partial charge in [0.05, 0.1) is 17.2 Å². The van der Waals surface area contributed by atoms with Crippen molar-refractivity contribution in [2.45, 2.75) is 39.4 Å². The predicted octanol–water partition coefficient (Wildman–Crippen LogP) is 4.61. The highest BCUT2D eigenvalue weighted by Gasteiger charge is 2.38. The zero-order chi connectivity index (χ0) is 21.3. The van der Waals surface area contributed by atoms with Crippen molar-refractivity contribution in [1.82, 2.24) is 24.8 Å². The molecule has 0 saturated heterocycles. The highest BCUT2D eigenvalue weighted by Crippen LogP contribution is 2.29. The molecule has 0 fully saturated rings. The van der Waals surface area contributed by atoms with Gasteiger partial charge in [-0.3, -0.25) is 0 Å². The lowest BCUT2D eigenvalue weighted by Crippen LogP contribution is -2.15. The summed E-state index contributed by atoms with van der Waals surface area (Å²) in [7, 11) is 0. The van der Waals surface area contributed by atoms with Crippen molar-refractivity contribution in [3.8, 4) is 0 Å². The second-order valence-electron chi connectivity index (χ2n) is 6.93. The second kappa shape index (κ2) is 8.02. The van der Waals surface area contributed by atoms with Gasteiger partial charge >= 0.3 is 6.18 Å². The van der Waals surface area contributed by atoms with E-state index in [0.29, 0.717) is 17.9 Å². The normalized spacial score (nSPS) is 11.9. The molecule has 3 heterocycles. The summed E-state index contributed by atoms with van der Waals surface area (Å²) in [6.07, 6.45) is -2.88. The highest BCUT2D eigenvalue weighted by atomic mass is 32.1. The fourth-order valence-corrected chi connectivity index (χ4v) is 3.89. The summed E-state index contributed by atoms with van der Waals surface area (Å²) in [5.74, 6) is -0.787. The van der Waals surface area contributed by atoms with Gasteiger partial charge in [0.2, 0.25) is 0 Å². The van der Waals surface area contributed by atoms with Crippen LogP contribution in [-0.4, -0.2) is 24.8 Å². The average Bonchev–Trinajstić information content (AvgIpc) is 3.35. The zero-order valence-electron chi connectivity index (χ0n) is 16.4. The molecule has 3 aromatic heterocycles. The minimum Gasteiger partial charge on any atom is -0.363 e. The number of aryl methyl sites for hydroxylation is 3. The van der Waals surface area contributed by atoms with E-state index < -0.39 is 12.0 Å². The Hall–Kier alpha value is -3.01. The lowest BCUT2D eigenvalue weighted by atomic mass is 10.1. The Kier molecular flexibility index (Phi) is 5.42. The van der Waals surface area contributed by atoms with Crippen LogP contribution in [0.5, 0.6) is 0 Å². The van der Waals surface area contributed by atoms with E-state index >= 15 is 0 Å². The number of nitrogens with zero attached hydrogens (tertiary/aromatic N) is 5. The number of anilines is 1. The number of hydrogen-bond acceptors (Lipinski definition) is 6. The first kappa shape index (κ1) is 20.3. The van der Waals surface area contributed by atoms with Crippen LogP contribution in [0.25, 0.3) is 5.65 Å². The third kappa shape index (κ3) is 4.13. The lowest BCUT2D eigenvalue weighted by Gasteiger charge is -2.11. The van der Waals surface area contributed by atoms with E-state index in [4.69, 9.17) is 0 Å². The number of halogens is 3. The molecular formula is C20H19F3N6S. The summed E-state index contributed by atoms with van der Waals surface area (Å²) >= 11 is 1.58. The summed E-state index contributed by atoms with van der Waals surface area (Å²) in [6, 6.07) is 10.2. The van der Waals surface area contributed by atoms with Crippen molar-refractivity contribution in [2.75, 3.05) is 5.32 Å². The van der Waals surface area contributed by atoms with Crippen molar-refractivity contribution in [3.63, 3.8) is 0 Å². The molecule has 0 radical (unpaired) electrons. The topological polar surface area (TPSA) is 68.0 Å². The standard InChI is InChI=1S/C20H19F3N6S/c1-12-13(2)18-26-27-19(20(21,22)23)29(18)28-17(12)24-10-15-11-30-16(25-15)9-8-14-6-4-3-5-7-14/h3-7,11H,8-10H2,1-2H3,(H,24,28). The predicted molar refractivity (Wildman–Crippen MR) is 109 cm³/mol. The van der Waals surface area contributed by atoms with Crippen LogP contribution in [0.15, 0.2) is 35.7 Å². The summed E-state index contributed by atoms with van der Waals surface area (Å²) in [6.45, 7) is 3.86. The fraction of sp³-hybridized carbons (Fsp3) is 0.300. The average molecular weight is 432 g/mol. The van der Waals surface area contributed by atoms with Gasteiger partial charge in [-0.2, -0.15) is 17.7 Å². The second-order valence-corrected chi connectivity index (χ2v) is 7.87. The van der Waals surface area contributed by atoms with Gasteiger partial charge in [-0.1, -0.05) is 30.3 Å². The number of benzene rings is 1. The van der Waals surface area contributed by atoms with Crippen molar-refractivity contribution >= 4 is 22.8 Å². The van der Waals surface area contributed by atoms with Gasteiger partial charge in [-0.15, -0.1) is 26.6 Å². The molecule has 4 aromatic rings. The van der Waals surface area contributed by atoms with Crippen LogP contribution < -0.4 is 5.32 Å². The van der Waals surface area contributed by atoms with Gasteiger partial charge in [-0.25, -0.2) is 4.98 Å². The molecule has 0 spiro atoms. The Labute approximate surface area is 174 Å². The Morgan fingerprint density at radius 3 is 2.53 bits per heavy atom. The quantitative estimate of drug-likeness (QED) is 0.482. The fourth-order valence-electron chi connectivity index (χ4n) is 3.09. The van der Waals surface area contributed by atoms with Crippen LogP contribution in [0.2, 0.25) is 0 Å². The van der Waals surface area contributed by atoms with E-state index in [0.717, 1.165) is 33.6 Å². The minimum absolute atomic E-state index is 0.0993. The Balaban J connectivity index is 1.48. The van der Waals surface area contributed by atoms with Crippen LogP contribution in [-0.2, 0) is 25.6 Å². The summed E-state index contributed by atoms with van der Waals surface area (Å²) < 4.78 is 40.3. The number of aromatic nitrogens is 5. The van der Waals surface area contributed by atoms with Crippen LogP contribution in [0.1, 0.15) is 33.2 Å². The van der Waals surface area contributed by atoms with Crippen LogP contribution >= 0.6 is 11.3 Å². The molecule has 0 bridgehead atoms. The van der Waals surface area contributed by atoms with Crippen molar-refractivity contribution in [3.05, 3.63) is 68.9 Å². The molecule has 1 N–H and O–H groups in total. The molecule has 0 unspecified atom stereocenters. The smallest absolute Gasteiger partial charge is 0.363 e. The molecule has 10 heteroatoms. The maximum Gasteiger partial charge on any atom is 0.453 e. The monoisotopic (exact) mass is 432 g/mol. The Bertz CT molecular complexity index is 1170. The van der Waals surface area contributed by atoms with E-state index in [1.807, 2.05) is 23.6 Å². The SMILES string of the molecule is Cc1c(NCc2csc(CCc3ccccc3)n2)nn2c(C(F)(F)F)nnc2c1C. The first-order valence-electron chi connectivity index (χ1n) is 9.34. The van der Waals surface area contributed by atoms with Gasteiger partial charge in [0.1, 0.15) is 0 Å². The molecule has 0 aliphatic carbocycles. The molecule has 6 nitrogen and oxygen atoms in total. The van der Waals surface area contributed by atoms with Gasteiger partial charge in [-0.05, 0) is 31.4 Å². The van der Waals surface area contributed by atoms with Crippen molar-refractivity contribution < 1.29 is 13.2 Å². The number of fused-ring (bicyclic) bond motifs is 1. The van der Waals surface area contributed by atoms with Crippen LogP contribution in [0.4, 0.5) is 19.0 Å². The first-order chi connectivity index (χ1) is 14.3. The van der Waals surface area contributed by atoms with E-state index in [-0.39, 0.29) is 5.65 Å². The van der Waals surface area contributed by atoms with Crippen LogP contribution in [0.3, 0.4) is 0 Å². The van der Waals surface area contributed by atoms with E-state index in [1.165, 1.54) is 5.56 Å². The third-order valence-electron chi connectivity index (χ3n) is 4.85. The molecule has 1 aromatic carbocycles. The molecule has 0 atom stereocenters. The summed E-state index contributed by atoms with van der Waals surface area (Å²) in [5.41, 5.74) is 3.50. The maximum absolute atomic E-state index is 13.2. The Morgan fingerprint density at radius 1 is 1.03 bits per heavy atom. The molecule has 0 amide bonds. The largest absolute Gasteiger partial charge is 0.453 e. The van der Waals surface area contributed by atoms with E-state index in [1.54, 1.807) is 25.2 Å². The lowest BCUT2D eigenvalue weighted by molar-refractivity contribution is -0.146. The van der Waals surface area contributed by atoms with E-state index in [2.05, 4.69) is 37.7 Å². The number of rotatable bonds is 6. The molecule has 0 saturated carbocycles. The maximum atomic E-state index is 13.2. The van der Waals surface area contributed by atoms with Gasteiger partial charge < -0.3 is 5.32 Å². The molecule has 156 valence electrons. The Morgan fingerprint density at radius 2 is 1.80 bits per heavy atom. The number of thiazole rings is 1. The number of alkyl halides is 3. The minimum atomic E-state index is -4.63. The zero-order valence-corrected chi connectivity index (χ0v) is 17.2. The number of nitrogens with one attached hydrogen (secondary N) is 1. The third-order valence-corrected chi connectivity index (χ3v) is 5.81. The van der Waals surface area contributed by atoms with E-state index in [9.17, 15) is 13.2 Å². The van der Waals surface area contributed by atoms with Gasteiger partial charge in [0.25, 0.3) is 5.82 Å². The molecule has 4 rings (SSSR count). The summed E-state index contributed by atoms with van der Waals surface area (Å²) in [4.78, 5) is 4.62. The van der Waals surface area contributed by atoms with Gasteiger partial charge in [0, 0.05) is 17.4 Å². The first-order valence-corrected chi connectivity index (χ1v) is 10.2. The summed E-state index contributed by atoms with van der Waals surface area (Å²) in [5, 5.41) is 17.1. The number of hydrogen-bond donors (Lipinski definition) is 1. The molecule has 0 aliphatic rings. The molecular weight excluding hydrogens is 413 g/mol. The molecule has 0 aliphatic heterocycles.